The monoisotopic (exact) mass is 386 g/mol. The predicted octanol–water partition coefficient (Wildman–Crippen LogP) is 1.86. The molecule has 0 saturated carbocycles. The van der Waals surface area contributed by atoms with E-state index in [1.807, 2.05) is 60.9 Å². The van der Waals surface area contributed by atoms with Gasteiger partial charge in [-0.15, -0.1) is 0 Å². The number of hydrogen-bond donors (Lipinski definition) is 1. The standard InChI is InChI=1S/C21H30N4O3/c1-20(2,3)18(26)24-14-21(15-24)13-23(11-17-12-28-10-9-25(17)21)19(27)22-16-7-5-4-6-8-16/h4-8,17H,9-15H2,1-3H3,(H,22,27). The summed E-state index contributed by atoms with van der Waals surface area (Å²) in [6.07, 6.45) is 0. The van der Waals surface area contributed by atoms with Gasteiger partial charge in [0.2, 0.25) is 5.91 Å². The van der Waals surface area contributed by atoms with E-state index >= 15 is 0 Å². The summed E-state index contributed by atoms with van der Waals surface area (Å²) in [7, 11) is 0. The van der Waals surface area contributed by atoms with Crippen LogP contribution in [-0.4, -0.2) is 84.2 Å². The van der Waals surface area contributed by atoms with E-state index in [2.05, 4.69) is 10.2 Å². The SMILES string of the molecule is CC(C)(C)C(=O)N1CC2(CN(C(=O)Nc3ccccc3)CC3COCCN32)C1. The van der Waals surface area contributed by atoms with Crippen molar-refractivity contribution < 1.29 is 14.3 Å². The van der Waals surface area contributed by atoms with Crippen molar-refractivity contribution in [2.75, 3.05) is 51.3 Å². The molecule has 7 nitrogen and oxygen atoms in total. The molecule has 0 radical (unpaired) electrons. The molecule has 1 unspecified atom stereocenters. The number of fused-ring (bicyclic) bond motifs is 2. The van der Waals surface area contributed by atoms with Gasteiger partial charge in [0.25, 0.3) is 0 Å². The van der Waals surface area contributed by atoms with Gasteiger partial charge in [0.1, 0.15) is 0 Å². The Morgan fingerprint density at radius 3 is 2.46 bits per heavy atom. The van der Waals surface area contributed by atoms with Crippen molar-refractivity contribution >= 4 is 17.6 Å². The third-order valence-corrected chi connectivity index (χ3v) is 5.96. The van der Waals surface area contributed by atoms with Crippen molar-refractivity contribution in [1.29, 1.82) is 0 Å². The average molecular weight is 386 g/mol. The number of hydrogen-bond acceptors (Lipinski definition) is 4. The van der Waals surface area contributed by atoms with Crippen molar-refractivity contribution in [3.05, 3.63) is 30.3 Å². The average Bonchev–Trinajstić information content (AvgIpc) is 2.64. The van der Waals surface area contributed by atoms with E-state index < -0.39 is 0 Å². The van der Waals surface area contributed by atoms with Crippen molar-refractivity contribution in [3.63, 3.8) is 0 Å². The number of carbonyl (C=O) groups is 2. The molecule has 0 bridgehead atoms. The number of nitrogens with zero attached hydrogens (tertiary/aromatic N) is 3. The minimum absolute atomic E-state index is 0.0867. The van der Waals surface area contributed by atoms with Gasteiger partial charge < -0.3 is 19.9 Å². The summed E-state index contributed by atoms with van der Waals surface area (Å²) in [5, 5.41) is 3.00. The number of amides is 3. The van der Waals surface area contributed by atoms with Crippen LogP contribution in [0.15, 0.2) is 30.3 Å². The summed E-state index contributed by atoms with van der Waals surface area (Å²) in [6, 6.07) is 9.62. The lowest BCUT2D eigenvalue weighted by molar-refractivity contribution is -0.177. The molecule has 3 saturated heterocycles. The number of ether oxygens (including phenoxy) is 1. The molecule has 3 fully saturated rings. The highest BCUT2D eigenvalue weighted by Crippen LogP contribution is 2.37. The molecule has 3 aliphatic heterocycles. The van der Waals surface area contributed by atoms with Gasteiger partial charge in [-0.05, 0) is 12.1 Å². The third kappa shape index (κ3) is 3.49. The number of para-hydroxylation sites is 1. The molecular formula is C21H30N4O3. The second-order valence-electron chi connectivity index (χ2n) is 9.23. The minimum atomic E-state index is -0.384. The maximum atomic E-state index is 12.9. The van der Waals surface area contributed by atoms with Crippen LogP contribution >= 0.6 is 0 Å². The fourth-order valence-corrected chi connectivity index (χ4v) is 4.64. The number of carbonyl (C=O) groups excluding carboxylic acids is 2. The van der Waals surface area contributed by atoms with E-state index in [0.717, 1.165) is 12.2 Å². The molecule has 1 atom stereocenters. The first-order chi connectivity index (χ1) is 13.3. The number of benzene rings is 1. The molecule has 3 amide bonds. The van der Waals surface area contributed by atoms with Gasteiger partial charge >= 0.3 is 6.03 Å². The van der Waals surface area contributed by atoms with Crippen molar-refractivity contribution in [2.45, 2.75) is 32.4 Å². The Morgan fingerprint density at radius 2 is 1.79 bits per heavy atom. The van der Waals surface area contributed by atoms with Gasteiger partial charge in [0.05, 0.1) is 24.8 Å². The highest BCUT2D eigenvalue weighted by molar-refractivity contribution is 5.89. The number of urea groups is 1. The van der Waals surface area contributed by atoms with Crippen LogP contribution in [0.3, 0.4) is 0 Å². The van der Waals surface area contributed by atoms with E-state index in [9.17, 15) is 9.59 Å². The summed E-state index contributed by atoms with van der Waals surface area (Å²) in [5.41, 5.74) is 0.245. The number of likely N-dealkylation sites (tertiary alicyclic amines) is 1. The molecule has 4 rings (SSSR count). The molecule has 1 aromatic carbocycles. The molecule has 1 aromatic rings. The summed E-state index contributed by atoms with van der Waals surface area (Å²) < 4.78 is 5.70. The van der Waals surface area contributed by atoms with Gasteiger partial charge in [-0.2, -0.15) is 0 Å². The van der Waals surface area contributed by atoms with E-state index in [1.165, 1.54) is 0 Å². The summed E-state index contributed by atoms with van der Waals surface area (Å²) >= 11 is 0. The Morgan fingerprint density at radius 1 is 1.11 bits per heavy atom. The summed E-state index contributed by atoms with van der Waals surface area (Å²) in [5.74, 6) is 0.175. The molecule has 0 aromatic heterocycles. The minimum Gasteiger partial charge on any atom is -0.378 e. The van der Waals surface area contributed by atoms with Gasteiger partial charge in [0, 0.05) is 43.8 Å². The zero-order valence-electron chi connectivity index (χ0n) is 17.0. The van der Waals surface area contributed by atoms with Crippen LogP contribution in [0.4, 0.5) is 10.5 Å². The maximum absolute atomic E-state index is 12.9. The summed E-state index contributed by atoms with van der Waals surface area (Å²) in [4.78, 5) is 31.9. The van der Waals surface area contributed by atoms with E-state index in [1.54, 1.807) is 0 Å². The Hall–Kier alpha value is -2.12. The molecular weight excluding hydrogens is 356 g/mol. The fourth-order valence-electron chi connectivity index (χ4n) is 4.64. The zero-order chi connectivity index (χ0) is 19.9. The Labute approximate surface area is 166 Å². The Kier molecular flexibility index (Phi) is 4.83. The van der Waals surface area contributed by atoms with Crippen LogP contribution in [0.5, 0.6) is 0 Å². The first-order valence-corrected chi connectivity index (χ1v) is 10.0. The fraction of sp³-hybridized carbons (Fsp3) is 0.619. The molecule has 1 N–H and O–H groups in total. The van der Waals surface area contributed by atoms with Crippen LogP contribution in [0.1, 0.15) is 20.8 Å². The number of piperazine rings is 1. The van der Waals surface area contributed by atoms with Crippen LogP contribution in [-0.2, 0) is 9.53 Å². The third-order valence-electron chi connectivity index (χ3n) is 5.96. The zero-order valence-corrected chi connectivity index (χ0v) is 17.0. The van der Waals surface area contributed by atoms with Gasteiger partial charge in [0.15, 0.2) is 0 Å². The van der Waals surface area contributed by atoms with Crippen LogP contribution in [0.2, 0.25) is 0 Å². The topological polar surface area (TPSA) is 65.1 Å². The lowest BCUT2D eigenvalue weighted by Gasteiger charge is -2.63. The van der Waals surface area contributed by atoms with Crippen LogP contribution in [0, 0.1) is 5.41 Å². The second kappa shape index (κ2) is 7.04. The van der Waals surface area contributed by atoms with E-state index in [-0.39, 0.29) is 28.9 Å². The van der Waals surface area contributed by atoms with Crippen molar-refractivity contribution in [2.24, 2.45) is 5.41 Å². The van der Waals surface area contributed by atoms with Gasteiger partial charge in [-0.3, -0.25) is 9.69 Å². The summed E-state index contributed by atoms with van der Waals surface area (Å²) in [6.45, 7) is 10.7. The first kappa shape index (κ1) is 19.2. The molecule has 28 heavy (non-hydrogen) atoms. The maximum Gasteiger partial charge on any atom is 0.321 e. The van der Waals surface area contributed by atoms with Gasteiger partial charge in [-0.1, -0.05) is 39.0 Å². The van der Waals surface area contributed by atoms with Crippen molar-refractivity contribution in [1.82, 2.24) is 14.7 Å². The lowest BCUT2D eigenvalue weighted by atomic mass is 9.80. The largest absolute Gasteiger partial charge is 0.378 e. The van der Waals surface area contributed by atoms with E-state index in [4.69, 9.17) is 4.74 Å². The number of anilines is 1. The number of rotatable bonds is 1. The molecule has 0 aliphatic carbocycles. The molecule has 7 heteroatoms. The number of nitrogens with one attached hydrogen (secondary N) is 1. The quantitative estimate of drug-likeness (QED) is 0.800. The smallest absolute Gasteiger partial charge is 0.321 e. The number of morpholine rings is 1. The van der Waals surface area contributed by atoms with Gasteiger partial charge in [-0.25, -0.2) is 4.79 Å². The lowest BCUT2D eigenvalue weighted by Crippen LogP contribution is -2.82. The van der Waals surface area contributed by atoms with Crippen molar-refractivity contribution in [3.8, 4) is 0 Å². The molecule has 3 aliphatic rings. The molecule has 1 spiro atoms. The normalized spacial score (nSPS) is 24.5. The second-order valence-corrected chi connectivity index (χ2v) is 9.23. The molecule has 152 valence electrons. The van der Waals surface area contributed by atoms with Crippen LogP contribution < -0.4 is 5.32 Å². The van der Waals surface area contributed by atoms with E-state index in [0.29, 0.717) is 39.4 Å². The predicted molar refractivity (Wildman–Crippen MR) is 107 cm³/mol. The Balaban J connectivity index is 1.49. The first-order valence-electron chi connectivity index (χ1n) is 10.0. The highest BCUT2D eigenvalue weighted by Gasteiger charge is 2.56. The molecule has 3 heterocycles. The highest BCUT2D eigenvalue weighted by atomic mass is 16.5. The Bertz CT molecular complexity index is 740. The van der Waals surface area contributed by atoms with Crippen LogP contribution in [0.25, 0.3) is 0 Å².